The highest BCUT2D eigenvalue weighted by molar-refractivity contribution is 5.96. The summed E-state index contributed by atoms with van der Waals surface area (Å²) in [6.45, 7) is 2.04. The Morgan fingerprint density at radius 1 is 1.53 bits per heavy atom. The van der Waals surface area contributed by atoms with Crippen LogP contribution in [0, 0.1) is 5.82 Å². The summed E-state index contributed by atoms with van der Waals surface area (Å²) in [6, 6.07) is 3.17. The first-order valence-electron chi connectivity index (χ1n) is 5.49. The van der Waals surface area contributed by atoms with Crippen LogP contribution in [0.3, 0.4) is 0 Å². The van der Waals surface area contributed by atoms with Crippen LogP contribution >= 0.6 is 0 Å². The molecule has 0 saturated heterocycles. The first kappa shape index (κ1) is 13.4. The van der Waals surface area contributed by atoms with Gasteiger partial charge in [0, 0.05) is 12.6 Å². The van der Waals surface area contributed by atoms with Gasteiger partial charge in [0.2, 0.25) is 0 Å². The van der Waals surface area contributed by atoms with Crippen molar-refractivity contribution in [3.8, 4) is 5.75 Å². The third-order valence-corrected chi connectivity index (χ3v) is 2.32. The van der Waals surface area contributed by atoms with E-state index in [1.807, 2.05) is 6.92 Å². The Balaban J connectivity index is 2.58. The van der Waals surface area contributed by atoms with Gasteiger partial charge in [-0.25, -0.2) is 4.39 Å². The Hall–Kier alpha value is -1.62. The number of halogens is 1. The van der Waals surface area contributed by atoms with Crippen molar-refractivity contribution in [2.24, 2.45) is 0 Å². The number of carbonyl (C=O) groups excluding carboxylic acids is 1. The lowest BCUT2D eigenvalue weighted by Gasteiger charge is -2.11. The van der Waals surface area contributed by atoms with E-state index in [0.717, 1.165) is 18.6 Å². The highest BCUT2D eigenvalue weighted by atomic mass is 19.1. The third kappa shape index (κ3) is 4.03. The molecule has 0 spiro atoms. The molecule has 94 valence electrons. The maximum atomic E-state index is 12.7. The number of aliphatic hydroxyl groups excluding tert-OH is 1. The van der Waals surface area contributed by atoms with Crippen molar-refractivity contribution >= 4 is 5.91 Å². The molecule has 17 heavy (non-hydrogen) atoms. The second-order valence-electron chi connectivity index (χ2n) is 3.81. The van der Waals surface area contributed by atoms with Crippen LogP contribution in [0.4, 0.5) is 4.39 Å². The number of nitrogens with one attached hydrogen (secondary N) is 1. The summed E-state index contributed by atoms with van der Waals surface area (Å²) >= 11 is 0. The molecule has 5 heteroatoms. The van der Waals surface area contributed by atoms with E-state index in [9.17, 15) is 19.4 Å². The van der Waals surface area contributed by atoms with Crippen LogP contribution in [0.2, 0.25) is 0 Å². The smallest absolute Gasteiger partial charge is 0.255 e. The number of amides is 1. The molecule has 3 N–H and O–H groups in total. The molecule has 0 bridgehead atoms. The SMILES string of the molecule is CCCC(O)CNC(=O)c1ccc(F)cc1O. The summed E-state index contributed by atoms with van der Waals surface area (Å²) < 4.78 is 12.7. The number of hydrogen-bond acceptors (Lipinski definition) is 3. The summed E-state index contributed by atoms with van der Waals surface area (Å²) in [4.78, 5) is 11.6. The molecule has 1 amide bonds. The standard InChI is InChI=1S/C12H16FNO3/c1-2-3-9(15)7-14-12(17)10-5-4-8(13)6-11(10)16/h4-6,9,15-16H,2-3,7H2,1H3,(H,14,17). The van der Waals surface area contributed by atoms with Gasteiger partial charge in [-0.15, -0.1) is 0 Å². The molecule has 1 unspecified atom stereocenters. The lowest BCUT2D eigenvalue weighted by atomic mass is 10.1. The van der Waals surface area contributed by atoms with Gasteiger partial charge < -0.3 is 15.5 Å². The van der Waals surface area contributed by atoms with E-state index in [-0.39, 0.29) is 12.1 Å². The number of benzene rings is 1. The monoisotopic (exact) mass is 241 g/mol. The van der Waals surface area contributed by atoms with E-state index in [0.29, 0.717) is 6.42 Å². The van der Waals surface area contributed by atoms with Gasteiger partial charge in [0.1, 0.15) is 11.6 Å². The van der Waals surface area contributed by atoms with Crippen molar-refractivity contribution in [2.45, 2.75) is 25.9 Å². The van der Waals surface area contributed by atoms with Gasteiger partial charge in [-0.2, -0.15) is 0 Å². The molecular formula is C12H16FNO3. The Morgan fingerprint density at radius 3 is 2.82 bits per heavy atom. The van der Waals surface area contributed by atoms with Gasteiger partial charge >= 0.3 is 0 Å². The maximum Gasteiger partial charge on any atom is 0.255 e. The zero-order chi connectivity index (χ0) is 12.8. The van der Waals surface area contributed by atoms with Crippen LogP contribution in [0.25, 0.3) is 0 Å². The summed E-state index contributed by atoms with van der Waals surface area (Å²) in [7, 11) is 0. The third-order valence-electron chi connectivity index (χ3n) is 2.32. The molecule has 0 radical (unpaired) electrons. The molecule has 1 aromatic rings. The molecule has 0 aliphatic carbocycles. The number of rotatable bonds is 5. The summed E-state index contributed by atoms with van der Waals surface area (Å²) in [5.41, 5.74) is -0.00454. The Bertz CT molecular complexity index is 395. The lowest BCUT2D eigenvalue weighted by Crippen LogP contribution is -2.32. The fourth-order valence-electron chi connectivity index (χ4n) is 1.44. The molecule has 1 aromatic carbocycles. The van der Waals surface area contributed by atoms with E-state index in [1.54, 1.807) is 0 Å². The number of carbonyl (C=O) groups is 1. The van der Waals surface area contributed by atoms with Crippen molar-refractivity contribution in [1.29, 1.82) is 0 Å². The van der Waals surface area contributed by atoms with E-state index in [2.05, 4.69) is 5.32 Å². The molecule has 0 saturated carbocycles. The van der Waals surface area contributed by atoms with Crippen LogP contribution in [0.15, 0.2) is 18.2 Å². The van der Waals surface area contributed by atoms with Crippen molar-refractivity contribution in [3.05, 3.63) is 29.6 Å². The van der Waals surface area contributed by atoms with E-state index >= 15 is 0 Å². The van der Waals surface area contributed by atoms with Crippen LogP contribution in [-0.4, -0.2) is 28.8 Å². The van der Waals surface area contributed by atoms with Gasteiger partial charge in [-0.05, 0) is 18.6 Å². The van der Waals surface area contributed by atoms with E-state index in [4.69, 9.17) is 0 Å². The van der Waals surface area contributed by atoms with Gasteiger partial charge in [0.25, 0.3) is 5.91 Å². The Morgan fingerprint density at radius 2 is 2.24 bits per heavy atom. The molecular weight excluding hydrogens is 225 g/mol. The molecule has 1 atom stereocenters. The normalized spacial score (nSPS) is 12.2. The highest BCUT2D eigenvalue weighted by Crippen LogP contribution is 2.17. The zero-order valence-electron chi connectivity index (χ0n) is 9.61. The summed E-state index contributed by atoms with van der Waals surface area (Å²) in [5, 5.41) is 21.3. The zero-order valence-corrected chi connectivity index (χ0v) is 9.61. The van der Waals surface area contributed by atoms with Crippen molar-refractivity contribution in [2.75, 3.05) is 6.54 Å². The predicted molar refractivity (Wildman–Crippen MR) is 61.3 cm³/mol. The minimum Gasteiger partial charge on any atom is -0.507 e. The fourth-order valence-corrected chi connectivity index (χ4v) is 1.44. The predicted octanol–water partition coefficient (Wildman–Crippen LogP) is 1.42. The number of hydrogen-bond donors (Lipinski definition) is 3. The number of phenolic OH excluding ortho intramolecular Hbond substituents is 1. The minimum absolute atomic E-state index is 0.00454. The number of phenols is 1. The van der Waals surface area contributed by atoms with Crippen molar-refractivity contribution in [1.82, 2.24) is 5.32 Å². The maximum absolute atomic E-state index is 12.7. The van der Waals surface area contributed by atoms with Crippen molar-refractivity contribution < 1.29 is 19.4 Å². The topological polar surface area (TPSA) is 69.6 Å². The number of aromatic hydroxyl groups is 1. The first-order valence-corrected chi connectivity index (χ1v) is 5.49. The van der Waals surface area contributed by atoms with Crippen LogP contribution in [0.1, 0.15) is 30.1 Å². The van der Waals surface area contributed by atoms with Crippen molar-refractivity contribution in [3.63, 3.8) is 0 Å². The molecule has 0 aromatic heterocycles. The highest BCUT2D eigenvalue weighted by Gasteiger charge is 2.12. The van der Waals surface area contributed by atoms with Gasteiger partial charge in [-0.1, -0.05) is 13.3 Å². The molecule has 1 rings (SSSR count). The quantitative estimate of drug-likeness (QED) is 0.730. The largest absolute Gasteiger partial charge is 0.507 e. The second kappa shape index (κ2) is 6.20. The van der Waals surface area contributed by atoms with Gasteiger partial charge in [0.05, 0.1) is 11.7 Å². The van der Waals surface area contributed by atoms with Gasteiger partial charge in [0.15, 0.2) is 0 Å². The second-order valence-corrected chi connectivity index (χ2v) is 3.81. The lowest BCUT2D eigenvalue weighted by molar-refractivity contribution is 0.0907. The van der Waals surface area contributed by atoms with Gasteiger partial charge in [-0.3, -0.25) is 4.79 Å². The molecule has 0 heterocycles. The Labute approximate surface area is 99.1 Å². The average Bonchev–Trinajstić information content (AvgIpc) is 2.26. The van der Waals surface area contributed by atoms with Crippen LogP contribution in [-0.2, 0) is 0 Å². The summed E-state index contributed by atoms with van der Waals surface area (Å²) in [6.07, 6.45) is 0.806. The first-order chi connectivity index (χ1) is 8.04. The molecule has 0 aliphatic heterocycles. The molecule has 0 fully saturated rings. The van der Waals surface area contributed by atoms with E-state index in [1.165, 1.54) is 6.07 Å². The van der Waals surface area contributed by atoms with E-state index < -0.39 is 23.6 Å². The fraction of sp³-hybridized carbons (Fsp3) is 0.417. The Kier molecular flexibility index (Phi) is 4.90. The molecule has 0 aliphatic rings. The number of aliphatic hydroxyl groups is 1. The van der Waals surface area contributed by atoms with Crippen LogP contribution in [0.5, 0.6) is 5.75 Å². The average molecular weight is 241 g/mol. The molecule has 4 nitrogen and oxygen atoms in total. The summed E-state index contributed by atoms with van der Waals surface area (Å²) in [5.74, 6) is -1.55. The van der Waals surface area contributed by atoms with Crippen LogP contribution < -0.4 is 5.32 Å². The minimum atomic E-state index is -0.606.